The van der Waals surface area contributed by atoms with Crippen molar-refractivity contribution in [3.05, 3.63) is 85.0 Å². The van der Waals surface area contributed by atoms with E-state index in [0.717, 1.165) is 38.5 Å². The zero-order valence-electron chi connectivity index (χ0n) is 70.9. The molecule has 4 amide bonds. The Hall–Kier alpha value is -8.42. The summed E-state index contributed by atoms with van der Waals surface area (Å²) in [7, 11) is -8.80. The van der Waals surface area contributed by atoms with Crippen LogP contribution in [-0.2, 0) is 67.9 Å². The van der Waals surface area contributed by atoms with Crippen LogP contribution in [0.3, 0.4) is 0 Å². The third-order valence-electron chi connectivity index (χ3n) is 25.9. The summed E-state index contributed by atoms with van der Waals surface area (Å²) in [6.45, 7) is 18.2. The van der Waals surface area contributed by atoms with Crippen LogP contribution < -0.4 is 28.4 Å². The van der Waals surface area contributed by atoms with Gasteiger partial charge in [-0.15, -0.1) is 0 Å². The standard InChI is InChI=1S/2C44H58F3N3O9S/c2*1-26(2)57-36-19-29-13-9-11-15-32(29)38(48-36)58-31-20-34-35(51)23-44(40(54)49-60(55,56)43(25-45)16-17-43)22-30(44)14-10-8-12-27(3)18-28(4)33(39(53)50(34)24-31)21-37(52)59-41(5,6)42(7,46)47/h2*9-11,13-15,19,26-28,30-31,33-34H,8,12,16-18,20-25H2,1-7H3,(H,49,54)/b2*14-10-/t27-,28+,30+,31+,33-,34-,44+;27-,28-,30-,31-,33+,34+,44-/m01/s1. The smallest absolute Gasteiger partial charge is 0.307 e. The van der Waals surface area contributed by atoms with E-state index in [-0.39, 0.29) is 100 Å². The summed E-state index contributed by atoms with van der Waals surface area (Å²) in [4.78, 5) is 126. The molecule has 120 heavy (non-hydrogen) atoms. The lowest BCUT2D eigenvalue weighted by atomic mass is 9.82. The van der Waals surface area contributed by atoms with E-state index >= 15 is 0 Å². The number of allylic oxidation sites excluding steroid dienone is 4. The summed E-state index contributed by atoms with van der Waals surface area (Å²) in [5, 5.41) is 2.86. The molecule has 8 aliphatic rings. The van der Waals surface area contributed by atoms with E-state index in [1.165, 1.54) is 9.80 Å². The van der Waals surface area contributed by atoms with Gasteiger partial charge in [-0.05, 0) is 191 Å². The first-order chi connectivity index (χ1) is 56.0. The number of esters is 2. The van der Waals surface area contributed by atoms with Gasteiger partial charge in [-0.3, -0.25) is 47.8 Å². The van der Waals surface area contributed by atoms with Gasteiger partial charge in [0.2, 0.25) is 67.2 Å². The number of carbonyl (C=O) groups is 8. The topological polar surface area (TPSA) is 317 Å². The van der Waals surface area contributed by atoms with Crippen molar-refractivity contribution in [3.8, 4) is 23.5 Å². The second-order valence-corrected chi connectivity index (χ2v) is 41.2. The monoisotopic (exact) mass is 1720 g/mol. The summed E-state index contributed by atoms with van der Waals surface area (Å²) in [6.07, 6.45) is 7.53. The van der Waals surface area contributed by atoms with Crippen LogP contribution in [0.2, 0.25) is 0 Å². The van der Waals surface area contributed by atoms with Crippen LogP contribution in [0.5, 0.6) is 23.5 Å². The van der Waals surface area contributed by atoms with E-state index in [2.05, 4.69) is 19.4 Å². The highest BCUT2D eigenvalue weighted by Crippen LogP contribution is 2.60. The predicted molar refractivity (Wildman–Crippen MR) is 435 cm³/mol. The number of pyridine rings is 2. The number of carbonyl (C=O) groups excluding carboxylic acids is 8. The van der Waals surface area contributed by atoms with Crippen molar-refractivity contribution in [1.82, 2.24) is 29.2 Å². The number of nitrogens with one attached hydrogen (secondary N) is 2. The molecule has 2 aromatic heterocycles. The minimum Gasteiger partial charge on any atom is -0.475 e. The quantitative estimate of drug-likeness (QED) is 0.0374. The van der Waals surface area contributed by atoms with Crippen molar-refractivity contribution in [3.63, 3.8) is 0 Å². The summed E-state index contributed by atoms with van der Waals surface area (Å²) in [5.41, 5.74) is -7.28. The maximum atomic E-state index is 15.0. The number of halogens is 6. The number of ether oxygens (including phenoxy) is 6. The fraction of sp³-hybridized carbons (Fsp3) is 0.659. The second-order valence-electron chi connectivity index (χ2n) is 37.0. The molecule has 2 aromatic carbocycles. The molecule has 0 unspecified atom stereocenters. The van der Waals surface area contributed by atoms with Gasteiger partial charge in [-0.1, -0.05) is 88.4 Å². The lowest BCUT2D eigenvalue weighted by molar-refractivity contribution is -0.197. The van der Waals surface area contributed by atoms with Crippen LogP contribution in [-0.4, -0.2) is 179 Å². The lowest BCUT2D eigenvalue weighted by Gasteiger charge is -2.34. The SMILES string of the molecule is CC(C)Oc1cc2ccccc2c(O[C@@H]2C[C@H]3C(=O)C[C@]4(C(=O)NS(=O)(=O)C5(CF)CC5)C[C@H]4/C=C\CC[C@@H](C)C[C@@H](C)[C@H](CC(=O)OC(C)(C)C(C)(F)F)C(=O)N3C2)n1.CC(C)Oc1cc2ccccc2c(O[C@@H]2C[C@H]3C(=O)C[C@]4(C(=O)NS(=O)(=O)C5(CF)CC5)C[C@H]4/C=C\CC[C@H](C)C[C@@H](C)[C@H](CC(=O)OC(C)(C)C(C)(F)F)C(=O)N3C2)n1. The first-order valence-corrected chi connectivity index (χ1v) is 44.9. The molecular formula is C88H116F6N6O18S2. The average molecular weight is 1720 g/mol. The van der Waals surface area contributed by atoms with Crippen LogP contribution >= 0.6 is 0 Å². The fourth-order valence-electron chi connectivity index (χ4n) is 17.1. The van der Waals surface area contributed by atoms with Crippen molar-refractivity contribution >= 4 is 88.7 Å². The van der Waals surface area contributed by atoms with Crippen molar-refractivity contribution in [2.24, 2.45) is 58.2 Å². The molecule has 2 saturated heterocycles. The van der Waals surface area contributed by atoms with Gasteiger partial charge in [-0.25, -0.2) is 43.2 Å². The Morgan fingerprint density at radius 2 is 0.892 bits per heavy atom. The highest BCUT2D eigenvalue weighted by atomic mass is 32.2. The third-order valence-corrected chi connectivity index (χ3v) is 30.1. The summed E-state index contributed by atoms with van der Waals surface area (Å²) in [5.74, 6) is -15.7. The number of Topliss-reactive ketones (excluding diaryl/α,β-unsaturated/α-hetero) is 2. The summed E-state index contributed by atoms with van der Waals surface area (Å²) < 4.78 is 175. The Morgan fingerprint density at radius 1 is 0.542 bits per heavy atom. The minimum atomic E-state index is -4.40. The maximum absolute atomic E-state index is 15.0. The number of sulfonamides is 2. The van der Waals surface area contributed by atoms with Crippen LogP contribution in [0.25, 0.3) is 21.5 Å². The van der Waals surface area contributed by atoms with Crippen molar-refractivity contribution in [1.29, 1.82) is 0 Å². The number of benzene rings is 2. The highest BCUT2D eigenvalue weighted by Gasteiger charge is 2.66. The molecule has 660 valence electrons. The summed E-state index contributed by atoms with van der Waals surface area (Å²) in [6, 6.07) is 15.9. The Bertz CT molecular complexity index is 4540. The summed E-state index contributed by atoms with van der Waals surface area (Å²) >= 11 is 0. The Balaban J connectivity index is 0.000000235. The van der Waals surface area contributed by atoms with E-state index in [9.17, 15) is 81.5 Å². The number of hydrogen-bond donors (Lipinski definition) is 2. The molecular weight excluding hydrogens is 1610 g/mol. The van der Waals surface area contributed by atoms with Crippen molar-refractivity contribution in [2.45, 2.75) is 282 Å². The molecule has 24 nitrogen and oxygen atoms in total. The first kappa shape index (κ1) is 92.3. The molecule has 0 bridgehead atoms. The zero-order chi connectivity index (χ0) is 88.0. The number of alkyl halides is 6. The van der Waals surface area contributed by atoms with Crippen LogP contribution in [0.1, 0.15) is 213 Å². The lowest BCUT2D eigenvalue weighted by Crippen LogP contribution is -2.49. The minimum absolute atomic E-state index is 0.0334. The molecule has 2 N–H and O–H groups in total. The number of ketones is 2. The van der Waals surface area contributed by atoms with E-state index in [1.807, 2.05) is 128 Å². The van der Waals surface area contributed by atoms with Gasteiger partial charge in [-0.2, -0.15) is 9.97 Å². The molecule has 0 radical (unpaired) electrons. The second kappa shape index (κ2) is 35.4. The number of rotatable bonds is 24. The number of nitrogens with zero attached hydrogens (tertiary/aromatic N) is 4. The molecule has 4 saturated carbocycles. The number of fused-ring (bicyclic) bond motifs is 6. The van der Waals surface area contributed by atoms with Crippen molar-refractivity contribution in [2.75, 3.05) is 26.4 Å². The largest absolute Gasteiger partial charge is 0.475 e. The predicted octanol–water partition coefficient (Wildman–Crippen LogP) is 14.6. The van der Waals surface area contributed by atoms with Gasteiger partial charge in [0.15, 0.2) is 22.8 Å². The Morgan fingerprint density at radius 3 is 1.22 bits per heavy atom. The molecule has 4 aromatic rings. The fourth-order valence-corrected chi connectivity index (χ4v) is 19.9. The molecule has 6 fully saturated rings. The van der Waals surface area contributed by atoms with Gasteiger partial charge < -0.3 is 38.2 Å². The van der Waals surface area contributed by atoms with Gasteiger partial charge >= 0.3 is 11.9 Å². The first-order valence-electron chi connectivity index (χ1n) is 41.9. The molecule has 14 atom stereocenters. The number of amides is 4. The van der Waals surface area contributed by atoms with E-state index in [4.69, 9.17) is 28.4 Å². The Labute approximate surface area is 699 Å². The van der Waals surface area contributed by atoms with Crippen LogP contribution in [0, 0.1) is 58.2 Å². The highest BCUT2D eigenvalue weighted by molar-refractivity contribution is 7.92. The molecule has 4 aliphatic heterocycles. The van der Waals surface area contributed by atoms with Gasteiger partial charge in [0.05, 0.1) is 72.9 Å². The maximum Gasteiger partial charge on any atom is 0.307 e. The van der Waals surface area contributed by atoms with E-state index in [0.29, 0.717) is 74.9 Å². The van der Waals surface area contributed by atoms with Crippen LogP contribution in [0.15, 0.2) is 85.0 Å². The molecule has 4 aliphatic carbocycles. The third kappa shape index (κ3) is 20.4. The molecule has 12 rings (SSSR count). The van der Waals surface area contributed by atoms with Gasteiger partial charge in [0.25, 0.3) is 11.8 Å². The van der Waals surface area contributed by atoms with Gasteiger partial charge in [0.1, 0.15) is 35.1 Å². The van der Waals surface area contributed by atoms with E-state index in [1.54, 1.807) is 12.1 Å². The number of aromatic nitrogens is 2. The Kier molecular flexibility index (Phi) is 27.3. The molecule has 6 heterocycles. The van der Waals surface area contributed by atoms with Gasteiger partial charge in [0, 0.05) is 62.4 Å². The zero-order valence-corrected chi connectivity index (χ0v) is 72.6. The molecule has 32 heteroatoms. The van der Waals surface area contributed by atoms with Crippen LogP contribution in [0.4, 0.5) is 26.3 Å². The average Bonchev–Trinajstić information content (AvgIpc) is 1.56. The molecule has 0 spiro atoms. The van der Waals surface area contributed by atoms with E-state index < -0.39 is 209 Å². The van der Waals surface area contributed by atoms with Crippen molar-refractivity contribution < 1.29 is 110 Å². The number of hydrogen-bond acceptors (Lipinski definition) is 20. The normalized spacial score (nSPS) is 29.1.